The van der Waals surface area contributed by atoms with Gasteiger partial charge in [0.2, 0.25) is 0 Å². The standard InChI is InChI=1S/C12H25NO2/c1-10(7-8-15-2)13-9-11-5-3-4-6-12(11)14/h10-14H,3-9H2,1-2H3. The van der Waals surface area contributed by atoms with Crippen LogP contribution in [0.15, 0.2) is 0 Å². The minimum atomic E-state index is -0.0825. The summed E-state index contributed by atoms with van der Waals surface area (Å²) >= 11 is 0. The van der Waals surface area contributed by atoms with Gasteiger partial charge in [-0.2, -0.15) is 0 Å². The van der Waals surface area contributed by atoms with Crippen molar-refractivity contribution in [3.63, 3.8) is 0 Å². The molecule has 3 atom stereocenters. The number of aliphatic hydroxyl groups excluding tert-OH is 1. The zero-order chi connectivity index (χ0) is 11.1. The first kappa shape index (κ1) is 12.9. The van der Waals surface area contributed by atoms with E-state index in [0.717, 1.165) is 26.0 Å². The van der Waals surface area contributed by atoms with E-state index in [-0.39, 0.29) is 6.10 Å². The molecule has 0 radical (unpaired) electrons. The molecule has 0 aromatic heterocycles. The summed E-state index contributed by atoms with van der Waals surface area (Å²) in [6, 6.07) is 0.485. The molecule has 1 aliphatic carbocycles. The fourth-order valence-corrected chi connectivity index (χ4v) is 2.18. The van der Waals surface area contributed by atoms with Gasteiger partial charge in [0.15, 0.2) is 0 Å². The fraction of sp³-hybridized carbons (Fsp3) is 1.00. The van der Waals surface area contributed by atoms with E-state index in [0.29, 0.717) is 12.0 Å². The van der Waals surface area contributed by atoms with Crippen molar-refractivity contribution in [3.05, 3.63) is 0 Å². The van der Waals surface area contributed by atoms with E-state index in [4.69, 9.17) is 4.74 Å². The molecule has 1 saturated carbocycles. The number of hydrogen-bond acceptors (Lipinski definition) is 3. The molecule has 0 saturated heterocycles. The molecule has 2 N–H and O–H groups in total. The summed E-state index contributed by atoms with van der Waals surface area (Å²) in [6.45, 7) is 3.93. The van der Waals surface area contributed by atoms with Gasteiger partial charge in [0.1, 0.15) is 0 Å². The molecule has 0 aromatic rings. The van der Waals surface area contributed by atoms with E-state index < -0.39 is 0 Å². The van der Waals surface area contributed by atoms with Crippen molar-refractivity contribution in [2.75, 3.05) is 20.3 Å². The number of nitrogens with one attached hydrogen (secondary N) is 1. The van der Waals surface area contributed by atoms with E-state index in [2.05, 4.69) is 12.2 Å². The van der Waals surface area contributed by atoms with Crippen molar-refractivity contribution in [2.45, 2.75) is 51.2 Å². The van der Waals surface area contributed by atoms with Crippen molar-refractivity contribution in [2.24, 2.45) is 5.92 Å². The Morgan fingerprint density at radius 3 is 2.80 bits per heavy atom. The number of methoxy groups -OCH3 is 1. The van der Waals surface area contributed by atoms with Crippen LogP contribution >= 0.6 is 0 Å². The molecule has 0 spiro atoms. The molecule has 1 fully saturated rings. The highest BCUT2D eigenvalue weighted by Crippen LogP contribution is 2.23. The zero-order valence-corrected chi connectivity index (χ0v) is 10.0. The Morgan fingerprint density at radius 1 is 1.40 bits per heavy atom. The van der Waals surface area contributed by atoms with Crippen molar-refractivity contribution in [1.82, 2.24) is 5.32 Å². The average Bonchev–Trinajstić information content (AvgIpc) is 2.25. The minimum Gasteiger partial charge on any atom is -0.393 e. The third kappa shape index (κ3) is 4.96. The number of hydrogen-bond donors (Lipinski definition) is 2. The lowest BCUT2D eigenvalue weighted by molar-refractivity contribution is 0.0676. The van der Waals surface area contributed by atoms with E-state index in [9.17, 15) is 5.11 Å². The van der Waals surface area contributed by atoms with E-state index in [1.54, 1.807) is 7.11 Å². The van der Waals surface area contributed by atoms with Crippen LogP contribution in [-0.2, 0) is 4.74 Å². The molecule has 90 valence electrons. The predicted octanol–water partition coefficient (Wildman–Crippen LogP) is 1.55. The van der Waals surface area contributed by atoms with Gasteiger partial charge < -0.3 is 15.2 Å². The summed E-state index contributed by atoms with van der Waals surface area (Å²) in [5.74, 6) is 0.462. The molecule has 3 unspecified atom stereocenters. The second-order valence-electron chi connectivity index (χ2n) is 4.70. The van der Waals surface area contributed by atoms with Gasteiger partial charge in [0.25, 0.3) is 0 Å². The topological polar surface area (TPSA) is 41.5 Å². The lowest BCUT2D eigenvalue weighted by atomic mass is 9.86. The molecule has 0 aromatic carbocycles. The molecule has 0 aliphatic heterocycles. The highest BCUT2D eigenvalue weighted by Gasteiger charge is 2.22. The minimum absolute atomic E-state index is 0.0825. The maximum absolute atomic E-state index is 9.79. The second-order valence-corrected chi connectivity index (χ2v) is 4.70. The third-order valence-electron chi connectivity index (χ3n) is 3.35. The molecule has 3 heteroatoms. The Balaban J connectivity index is 2.11. The smallest absolute Gasteiger partial charge is 0.0580 e. The first-order chi connectivity index (χ1) is 7.24. The van der Waals surface area contributed by atoms with Gasteiger partial charge in [-0.1, -0.05) is 12.8 Å². The van der Waals surface area contributed by atoms with Gasteiger partial charge in [-0.25, -0.2) is 0 Å². The first-order valence-corrected chi connectivity index (χ1v) is 6.14. The summed E-state index contributed by atoms with van der Waals surface area (Å²) in [5.41, 5.74) is 0. The maximum Gasteiger partial charge on any atom is 0.0580 e. The van der Waals surface area contributed by atoms with Crippen LogP contribution in [0.3, 0.4) is 0 Å². The Bertz CT molecular complexity index is 164. The molecule has 1 aliphatic rings. The molecule has 0 heterocycles. The molecule has 3 nitrogen and oxygen atoms in total. The van der Waals surface area contributed by atoms with Gasteiger partial charge >= 0.3 is 0 Å². The largest absolute Gasteiger partial charge is 0.393 e. The van der Waals surface area contributed by atoms with Gasteiger partial charge in [-0.05, 0) is 32.1 Å². The van der Waals surface area contributed by atoms with Crippen LogP contribution in [0.25, 0.3) is 0 Å². The SMILES string of the molecule is COCCC(C)NCC1CCCCC1O. The maximum atomic E-state index is 9.79. The quantitative estimate of drug-likeness (QED) is 0.706. The van der Waals surface area contributed by atoms with Crippen LogP contribution in [0.4, 0.5) is 0 Å². The fourth-order valence-electron chi connectivity index (χ4n) is 2.18. The van der Waals surface area contributed by atoms with E-state index in [1.807, 2.05) is 0 Å². The van der Waals surface area contributed by atoms with E-state index in [1.165, 1.54) is 19.3 Å². The second kappa shape index (κ2) is 7.20. The van der Waals surface area contributed by atoms with Crippen LogP contribution in [-0.4, -0.2) is 37.5 Å². The summed E-state index contributed by atoms with van der Waals surface area (Å²) < 4.78 is 5.04. The number of aliphatic hydroxyl groups is 1. The van der Waals surface area contributed by atoms with Crippen molar-refractivity contribution in [1.29, 1.82) is 0 Å². The molecular weight excluding hydrogens is 190 g/mol. The summed E-state index contributed by atoms with van der Waals surface area (Å²) in [7, 11) is 1.73. The van der Waals surface area contributed by atoms with Crippen LogP contribution in [0.5, 0.6) is 0 Å². The molecule has 0 amide bonds. The predicted molar refractivity (Wildman–Crippen MR) is 61.9 cm³/mol. The van der Waals surface area contributed by atoms with Crippen LogP contribution in [0.2, 0.25) is 0 Å². The zero-order valence-electron chi connectivity index (χ0n) is 10.0. The van der Waals surface area contributed by atoms with Gasteiger partial charge in [0.05, 0.1) is 6.10 Å². The van der Waals surface area contributed by atoms with Crippen molar-refractivity contribution < 1.29 is 9.84 Å². The summed E-state index contributed by atoms with van der Waals surface area (Å²) in [5, 5.41) is 13.3. The lowest BCUT2D eigenvalue weighted by Crippen LogP contribution is -2.38. The van der Waals surface area contributed by atoms with Gasteiger partial charge in [-0.15, -0.1) is 0 Å². The highest BCUT2D eigenvalue weighted by atomic mass is 16.5. The summed E-state index contributed by atoms with van der Waals surface area (Å²) in [6.07, 6.45) is 5.58. The Hall–Kier alpha value is -0.120. The van der Waals surface area contributed by atoms with Crippen molar-refractivity contribution >= 4 is 0 Å². The molecule has 0 bridgehead atoms. The van der Waals surface area contributed by atoms with Gasteiger partial charge in [0, 0.05) is 26.3 Å². The molecule has 1 rings (SSSR count). The molecular formula is C12H25NO2. The van der Waals surface area contributed by atoms with Crippen molar-refractivity contribution in [3.8, 4) is 0 Å². The third-order valence-corrected chi connectivity index (χ3v) is 3.35. The van der Waals surface area contributed by atoms with Gasteiger partial charge in [-0.3, -0.25) is 0 Å². The Kier molecular flexibility index (Phi) is 6.22. The first-order valence-electron chi connectivity index (χ1n) is 6.14. The number of ether oxygens (including phenoxy) is 1. The molecule has 15 heavy (non-hydrogen) atoms. The van der Waals surface area contributed by atoms with Crippen LogP contribution in [0, 0.1) is 5.92 Å². The average molecular weight is 215 g/mol. The monoisotopic (exact) mass is 215 g/mol. The number of rotatable bonds is 6. The normalized spacial score (nSPS) is 29.0. The Labute approximate surface area is 93.2 Å². The van der Waals surface area contributed by atoms with Crippen LogP contribution in [0.1, 0.15) is 39.0 Å². The lowest BCUT2D eigenvalue weighted by Gasteiger charge is -2.29. The van der Waals surface area contributed by atoms with Crippen LogP contribution < -0.4 is 5.32 Å². The highest BCUT2D eigenvalue weighted by molar-refractivity contribution is 4.77. The Morgan fingerprint density at radius 2 is 2.13 bits per heavy atom. The summed E-state index contributed by atoms with van der Waals surface area (Å²) in [4.78, 5) is 0. The van der Waals surface area contributed by atoms with E-state index >= 15 is 0 Å².